The molecule has 0 aliphatic heterocycles. The lowest BCUT2D eigenvalue weighted by molar-refractivity contribution is 0.418. The molecule has 0 amide bonds. The molecule has 0 spiro atoms. The van der Waals surface area contributed by atoms with Gasteiger partial charge in [-0.3, -0.25) is 0 Å². The van der Waals surface area contributed by atoms with Crippen LogP contribution < -0.4 is 9.46 Å². The van der Waals surface area contributed by atoms with Gasteiger partial charge in [0.25, 0.3) is 10.2 Å². The molecule has 0 aliphatic carbocycles. The van der Waals surface area contributed by atoms with Gasteiger partial charge in [0.05, 0.1) is 7.11 Å². The second-order valence-electron chi connectivity index (χ2n) is 5.07. The van der Waals surface area contributed by atoms with Gasteiger partial charge in [-0.25, -0.2) is 0 Å². The van der Waals surface area contributed by atoms with Crippen LogP contribution in [0.3, 0.4) is 0 Å². The molecule has 0 saturated heterocycles. The molecule has 1 N–H and O–H groups in total. The summed E-state index contributed by atoms with van der Waals surface area (Å²) in [5.41, 5.74) is 0.857. The van der Waals surface area contributed by atoms with E-state index < -0.39 is 10.2 Å². The molecule has 2 aromatic rings. The molecule has 0 heterocycles. The normalized spacial score (nSPS) is 13.6. The van der Waals surface area contributed by atoms with E-state index in [9.17, 15) is 8.42 Å². The molecule has 0 aromatic heterocycles. The molecule has 0 bridgehead atoms. The fourth-order valence-electron chi connectivity index (χ4n) is 2.11. The van der Waals surface area contributed by atoms with Crippen LogP contribution >= 0.6 is 0 Å². The number of methoxy groups -OCH3 is 1. The second-order valence-corrected chi connectivity index (χ2v) is 6.99. The maximum Gasteiger partial charge on any atom is 0.279 e. The molecule has 1 atom stereocenters. The standard InChI is InChI=1S/C15H20N2O3S/c1-11(16-21(18,19)17(2)3)13-9-12-7-5-6-8-14(12)15(10-13)20-4/h5-11,16H,1-4H3. The third kappa shape index (κ3) is 3.34. The predicted molar refractivity (Wildman–Crippen MR) is 84.7 cm³/mol. The van der Waals surface area contributed by atoms with Crippen LogP contribution in [0.4, 0.5) is 0 Å². The van der Waals surface area contributed by atoms with Crippen LogP contribution in [0.25, 0.3) is 10.8 Å². The summed E-state index contributed by atoms with van der Waals surface area (Å²) in [6, 6.07) is 11.3. The van der Waals surface area contributed by atoms with Crippen LogP contribution in [0.2, 0.25) is 0 Å². The van der Waals surface area contributed by atoms with Crippen molar-refractivity contribution < 1.29 is 13.2 Å². The Bertz CT molecular complexity index is 742. The van der Waals surface area contributed by atoms with E-state index in [-0.39, 0.29) is 6.04 Å². The van der Waals surface area contributed by atoms with Crippen molar-refractivity contribution >= 4 is 21.0 Å². The van der Waals surface area contributed by atoms with Crippen molar-refractivity contribution in [2.45, 2.75) is 13.0 Å². The SMILES string of the molecule is COc1cc(C(C)NS(=O)(=O)N(C)C)cc2ccccc12. The van der Waals surface area contributed by atoms with Crippen LogP contribution in [0, 0.1) is 0 Å². The third-order valence-electron chi connectivity index (χ3n) is 3.37. The van der Waals surface area contributed by atoms with Gasteiger partial charge in [-0.1, -0.05) is 24.3 Å². The molecular weight excluding hydrogens is 288 g/mol. The molecule has 2 aromatic carbocycles. The summed E-state index contributed by atoms with van der Waals surface area (Å²) < 4.78 is 33.0. The lowest BCUT2D eigenvalue weighted by atomic mass is 10.0. The lowest BCUT2D eigenvalue weighted by Gasteiger charge is -2.19. The van der Waals surface area contributed by atoms with Crippen molar-refractivity contribution in [1.82, 2.24) is 9.03 Å². The molecule has 1 unspecified atom stereocenters. The first-order valence-electron chi connectivity index (χ1n) is 6.61. The maximum absolute atomic E-state index is 11.9. The van der Waals surface area contributed by atoms with Crippen molar-refractivity contribution in [2.75, 3.05) is 21.2 Å². The zero-order valence-corrected chi connectivity index (χ0v) is 13.4. The highest BCUT2D eigenvalue weighted by Crippen LogP contribution is 2.30. The van der Waals surface area contributed by atoms with E-state index in [1.165, 1.54) is 14.1 Å². The average molecular weight is 308 g/mol. The Balaban J connectivity index is 2.42. The van der Waals surface area contributed by atoms with E-state index in [0.717, 1.165) is 26.4 Å². The molecule has 6 heteroatoms. The van der Waals surface area contributed by atoms with E-state index in [2.05, 4.69) is 4.72 Å². The first-order chi connectivity index (χ1) is 9.85. The molecular formula is C15H20N2O3S. The van der Waals surface area contributed by atoms with Gasteiger partial charge >= 0.3 is 0 Å². The smallest absolute Gasteiger partial charge is 0.279 e. The quantitative estimate of drug-likeness (QED) is 0.922. The highest BCUT2D eigenvalue weighted by atomic mass is 32.2. The predicted octanol–water partition coefficient (Wildman–Crippen LogP) is 2.31. The number of hydrogen-bond acceptors (Lipinski definition) is 3. The monoisotopic (exact) mass is 308 g/mol. The summed E-state index contributed by atoms with van der Waals surface area (Å²) in [4.78, 5) is 0. The minimum Gasteiger partial charge on any atom is -0.496 e. The first-order valence-corrected chi connectivity index (χ1v) is 8.05. The third-order valence-corrected chi connectivity index (χ3v) is 4.99. The van der Waals surface area contributed by atoms with Crippen molar-refractivity contribution in [3.63, 3.8) is 0 Å². The Morgan fingerprint density at radius 1 is 1.19 bits per heavy atom. The Morgan fingerprint density at radius 3 is 2.48 bits per heavy atom. The van der Waals surface area contributed by atoms with Crippen molar-refractivity contribution in [3.05, 3.63) is 42.0 Å². The number of fused-ring (bicyclic) bond motifs is 1. The Kier molecular flexibility index (Phi) is 4.51. The highest BCUT2D eigenvalue weighted by molar-refractivity contribution is 7.87. The van der Waals surface area contributed by atoms with E-state index in [0.29, 0.717) is 0 Å². The molecule has 0 aliphatic rings. The van der Waals surface area contributed by atoms with Crippen LogP contribution in [0.1, 0.15) is 18.5 Å². The minimum atomic E-state index is -3.48. The van der Waals surface area contributed by atoms with Gasteiger partial charge in [0, 0.05) is 25.5 Å². The van der Waals surface area contributed by atoms with Crippen LogP contribution in [0.15, 0.2) is 36.4 Å². The maximum atomic E-state index is 11.9. The van der Waals surface area contributed by atoms with Gasteiger partial charge in [0.15, 0.2) is 0 Å². The summed E-state index contributed by atoms with van der Waals surface area (Å²) in [6.07, 6.45) is 0. The van der Waals surface area contributed by atoms with Gasteiger partial charge in [0.2, 0.25) is 0 Å². The zero-order chi connectivity index (χ0) is 15.6. The number of hydrogen-bond donors (Lipinski definition) is 1. The van der Waals surface area contributed by atoms with Gasteiger partial charge < -0.3 is 4.74 Å². The largest absolute Gasteiger partial charge is 0.496 e. The zero-order valence-electron chi connectivity index (χ0n) is 12.6. The van der Waals surface area contributed by atoms with Crippen molar-refractivity contribution in [3.8, 4) is 5.75 Å². The number of rotatable bonds is 5. The Labute approximate surface area is 125 Å². The van der Waals surface area contributed by atoms with Crippen LogP contribution in [0.5, 0.6) is 5.75 Å². The van der Waals surface area contributed by atoms with Gasteiger partial charge in [0.1, 0.15) is 5.75 Å². The Morgan fingerprint density at radius 2 is 1.86 bits per heavy atom. The molecule has 21 heavy (non-hydrogen) atoms. The van der Waals surface area contributed by atoms with Gasteiger partial charge in [-0.2, -0.15) is 17.4 Å². The molecule has 0 saturated carbocycles. The average Bonchev–Trinajstić information content (AvgIpc) is 2.45. The van der Waals surface area contributed by atoms with Crippen LogP contribution in [-0.4, -0.2) is 33.9 Å². The summed E-state index contributed by atoms with van der Waals surface area (Å²) >= 11 is 0. The molecule has 114 valence electrons. The fourth-order valence-corrected chi connectivity index (χ4v) is 2.91. The van der Waals surface area contributed by atoms with Gasteiger partial charge in [-0.15, -0.1) is 0 Å². The summed E-state index contributed by atoms with van der Waals surface area (Å²) in [5, 5.41) is 2.02. The van der Waals surface area contributed by atoms with E-state index in [1.54, 1.807) is 7.11 Å². The van der Waals surface area contributed by atoms with Crippen molar-refractivity contribution in [2.24, 2.45) is 0 Å². The summed E-state index contributed by atoms with van der Waals surface area (Å²) in [6.45, 7) is 1.81. The van der Waals surface area contributed by atoms with Gasteiger partial charge in [-0.05, 0) is 30.0 Å². The van der Waals surface area contributed by atoms with E-state index in [1.807, 2.05) is 43.3 Å². The molecule has 0 radical (unpaired) electrons. The topological polar surface area (TPSA) is 58.6 Å². The first kappa shape index (κ1) is 15.8. The van der Waals surface area contributed by atoms with Crippen LogP contribution in [-0.2, 0) is 10.2 Å². The summed E-state index contributed by atoms with van der Waals surface area (Å²) in [5.74, 6) is 0.735. The summed E-state index contributed by atoms with van der Waals surface area (Å²) in [7, 11) is 1.13. The molecule has 2 rings (SSSR count). The number of ether oxygens (including phenoxy) is 1. The minimum absolute atomic E-state index is 0.351. The second kappa shape index (κ2) is 6.01. The van der Waals surface area contributed by atoms with Crippen molar-refractivity contribution in [1.29, 1.82) is 0 Å². The van der Waals surface area contributed by atoms with E-state index in [4.69, 9.17) is 4.74 Å². The Hall–Kier alpha value is -1.63. The fraction of sp³-hybridized carbons (Fsp3) is 0.333. The highest BCUT2D eigenvalue weighted by Gasteiger charge is 2.19. The number of nitrogens with zero attached hydrogens (tertiary/aromatic N) is 1. The van der Waals surface area contributed by atoms with E-state index >= 15 is 0 Å². The lowest BCUT2D eigenvalue weighted by Crippen LogP contribution is -2.37. The number of nitrogens with one attached hydrogen (secondary N) is 1. The molecule has 5 nitrogen and oxygen atoms in total. The molecule has 0 fully saturated rings. The number of benzene rings is 2.